The van der Waals surface area contributed by atoms with Crippen molar-refractivity contribution in [3.63, 3.8) is 0 Å². The molecule has 2 N–H and O–H groups in total. The minimum absolute atomic E-state index is 0.0555. The normalized spacial score (nSPS) is 28.9. The zero-order chi connectivity index (χ0) is 19.0. The zero-order valence-electron chi connectivity index (χ0n) is 14.8. The van der Waals surface area contributed by atoms with E-state index in [0.29, 0.717) is 6.54 Å². The summed E-state index contributed by atoms with van der Waals surface area (Å²) in [6.07, 6.45) is -5.41. The smallest absolute Gasteiger partial charge is 0.380 e. The maximum atomic E-state index is 12.9. The topological polar surface area (TPSA) is 72.9 Å². The van der Waals surface area contributed by atoms with Gasteiger partial charge in [-0.1, -0.05) is 0 Å². The largest absolute Gasteiger partial charge is 0.417 e. The molecule has 0 aromatic rings. The van der Waals surface area contributed by atoms with Crippen molar-refractivity contribution in [1.29, 1.82) is 0 Å². The summed E-state index contributed by atoms with van der Waals surface area (Å²) in [5.41, 5.74) is -3.09. The number of rotatable bonds is 1. The molecule has 2 aliphatic rings. The van der Waals surface area contributed by atoms with Crippen LogP contribution < -0.4 is 5.32 Å². The van der Waals surface area contributed by atoms with E-state index in [0.717, 1.165) is 0 Å². The lowest BCUT2D eigenvalue weighted by atomic mass is 9.94. The first kappa shape index (κ1) is 19.8. The zero-order valence-corrected chi connectivity index (χ0v) is 14.8. The van der Waals surface area contributed by atoms with Crippen molar-refractivity contribution in [1.82, 2.24) is 15.1 Å². The van der Waals surface area contributed by atoms with Crippen LogP contribution in [0.2, 0.25) is 0 Å². The number of carbonyl (C=O) groups is 2. The number of hydrogen-bond acceptors (Lipinski definition) is 3. The third-order valence-electron chi connectivity index (χ3n) is 4.89. The van der Waals surface area contributed by atoms with Gasteiger partial charge in [0.1, 0.15) is 0 Å². The Morgan fingerprint density at radius 1 is 1.24 bits per heavy atom. The molecule has 2 heterocycles. The second-order valence-corrected chi connectivity index (χ2v) is 7.90. The lowest BCUT2D eigenvalue weighted by Gasteiger charge is -2.32. The molecule has 0 radical (unpaired) electrons. The second kappa shape index (κ2) is 6.66. The summed E-state index contributed by atoms with van der Waals surface area (Å²) in [6.45, 7) is 6.07. The fourth-order valence-electron chi connectivity index (χ4n) is 3.32. The first-order valence-corrected chi connectivity index (χ1v) is 8.48. The van der Waals surface area contributed by atoms with Crippen molar-refractivity contribution in [2.24, 2.45) is 0 Å². The molecule has 0 aromatic heterocycles. The number of halogens is 3. The first-order valence-electron chi connectivity index (χ1n) is 8.48. The second-order valence-electron chi connectivity index (χ2n) is 7.90. The molecule has 9 heteroatoms. The van der Waals surface area contributed by atoms with Crippen LogP contribution in [0.5, 0.6) is 0 Å². The summed E-state index contributed by atoms with van der Waals surface area (Å²) >= 11 is 0. The third kappa shape index (κ3) is 4.37. The molecule has 2 fully saturated rings. The number of likely N-dealkylation sites (tertiary alicyclic amines) is 2. The van der Waals surface area contributed by atoms with Gasteiger partial charge in [-0.25, -0.2) is 4.79 Å². The van der Waals surface area contributed by atoms with Gasteiger partial charge in [0.15, 0.2) is 5.60 Å². The highest BCUT2D eigenvalue weighted by molar-refractivity contribution is 5.82. The predicted octanol–water partition coefficient (Wildman–Crippen LogP) is 1.87. The van der Waals surface area contributed by atoms with Gasteiger partial charge in [-0.15, -0.1) is 0 Å². The number of alkyl halides is 3. The van der Waals surface area contributed by atoms with E-state index in [1.165, 1.54) is 4.90 Å². The Bertz CT molecular complexity index is 533. The van der Waals surface area contributed by atoms with Gasteiger partial charge in [0.2, 0.25) is 5.91 Å². The van der Waals surface area contributed by atoms with E-state index in [9.17, 15) is 27.9 Å². The number of hydrogen-bond donors (Lipinski definition) is 2. The Hall–Kier alpha value is -1.51. The quantitative estimate of drug-likeness (QED) is 0.745. The average molecular weight is 365 g/mol. The van der Waals surface area contributed by atoms with Crippen molar-refractivity contribution in [3.8, 4) is 0 Å². The summed E-state index contributed by atoms with van der Waals surface area (Å²) in [5.74, 6) is -0.0555. The van der Waals surface area contributed by atoms with Crippen molar-refractivity contribution in [2.45, 2.75) is 69.8 Å². The van der Waals surface area contributed by atoms with Crippen LogP contribution in [-0.4, -0.2) is 69.8 Å². The van der Waals surface area contributed by atoms with Crippen molar-refractivity contribution < 1.29 is 27.9 Å². The van der Waals surface area contributed by atoms with Crippen molar-refractivity contribution >= 4 is 11.9 Å². The Morgan fingerprint density at radius 2 is 1.88 bits per heavy atom. The average Bonchev–Trinajstić information content (AvgIpc) is 2.69. The van der Waals surface area contributed by atoms with Crippen LogP contribution in [0.3, 0.4) is 0 Å². The third-order valence-corrected chi connectivity index (χ3v) is 4.89. The van der Waals surface area contributed by atoms with Gasteiger partial charge in [0, 0.05) is 38.0 Å². The van der Waals surface area contributed by atoms with Crippen LogP contribution in [0, 0.1) is 0 Å². The van der Waals surface area contributed by atoms with Gasteiger partial charge >= 0.3 is 12.2 Å². The number of aliphatic hydroxyl groups is 1. The highest BCUT2D eigenvalue weighted by Crippen LogP contribution is 2.38. The standard InChI is InChI=1S/C16H26F3N3O3/c1-14(2,3)22-10-11(9-12(22)23)20-13(24)21-7-4-5-15(25,6-8-21)16(17,18)19/h11,25H,4-10H2,1-3H3,(H,20,24). The van der Waals surface area contributed by atoms with Crippen LogP contribution >= 0.6 is 0 Å². The summed E-state index contributed by atoms with van der Waals surface area (Å²) < 4.78 is 38.8. The van der Waals surface area contributed by atoms with Crippen LogP contribution in [0.1, 0.15) is 46.5 Å². The summed E-state index contributed by atoms with van der Waals surface area (Å²) in [7, 11) is 0. The van der Waals surface area contributed by atoms with Gasteiger partial charge in [-0.05, 0) is 33.6 Å². The fourth-order valence-corrected chi connectivity index (χ4v) is 3.32. The molecule has 2 aliphatic heterocycles. The Kier molecular flexibility index (Phi) is 5.28. The fraction of sp³-hybridized carbons (Fsp3) is 0.875. The van der Waals surface area contributed by atoms with Crippen LogP contribution in [0.4, 0.5) is 18.0 Å². The van der Waals surface area contributed by atoms with Gasteiger partial charge in [-0.3, -0.25) is 4.79 Å². The lowest BCUT2D eigenvalue weighted by Crippen LogP contribution is -2.49. The summed E-state index contributed by atoms with van der Waals surface area (Å²) in [6, 6.07) is -0.844. The molecular weight excluding hydrogens is 339 g/mol. The lowest BCUT2D eigenvalue weighted by molar-refractivity contribution is -0.263. The van der Waals surface area contributed by atoms with E-state index in [-0.39, 0.29) is 43.4 Å². The monoisotopic (exact) mass is 365 g/mol. The molecule has 2 saturated heterocycles. The van der Waals surface area contributed by atoms with E-state index < -0.39 is 30.7 Å². The predicted molar refractivity (Wildman–Crippen MR) is 84.8 cm³/mol. The SMILES string of the molecule is CC(C)(C)N1CC(NC(=O)N2CCCC(O)(C(F)(F)F)CC2)CC1=O. The van der Waals surface area contributed by atoms with E-state index in [2.05, 4.69) is 5.32 Å². The molecule has 2 unspecified atom stereocenters. The van der Waals surface area contributed by atoms with E-state index in [1.807, 2.05) is 20.8 Å². The Balaban J connectivity index is 1.93. The van der Waals surface area contributed by atoms with E-state index in [1.54, 1.807) is 4.90 Å². The molecule has 0 spiro atoms. The molecule has 3 amide bonds. The maximum absolute atomic E-state index is 12.9. The molecule has 25 heavy (non-hydrogen) atoms. The maximum Gasteiger partial charge on any atom is 0.417 e. The van der Waals surface area contributed by atoms with E-state index >= 15 is 0 Å². The van der Waals surface area contributed by atoms with Crippen LogP contribution in [0.25, 0.3) is 0 Å². The molecule has 0 bridgehead atoms. The van der Waals surface area contributed by atoms with Gasteiger partial charge < -0.3 is 20.2 Å². The number of nitrogens with one attached hydrogen (secondary N) is 1. The van der Waals surface area contributed by atoms with Gasteiger partial charge in [0.25, 0.3) is 0 Å². The summed E-state index contributed by atoms with van der Waals surface area (Å²) in [4.78, 5) is 27.4. The number of carbonyl (C=O) groups excluding carboxylic acids is 2. The van der Waals surface area contributed by atoms with Gasteiger partial charge in [-0.2, -0.15) is 13.2 Å². The molecule has 0 aromatic carbocycles. The molecule has 0 saturated carbocycles. The molecule has 6 nitrogen and oxygen atoms in total. The van der Waals surface area contributed by atoms with Crippen molar-refractivity contribution in [2.75, 3.05) is 19.6 Å². The van der Waals surface area contributed by atoms with Crippen molar-refractivity contribution in [3.05, 3.63) is 0 Å². The Morgan fingerprint density at radius 3 is 2.40 bits per heavy atom. The van der Waals surface area contributed by atoms with Gasteiger partial charge in [0.05, 0.1) is 6.04 Å². The molecule has 144 valence electrons. The van der Waals surface area contributed by atoms with Crippen LogP contribution in [0.15, 0.2) is 0 Å². The number of amides is 3. The summed E-state index contributed by atoms with van der Waals surface area (Å²) in [5, 5.41) is 12.5. The highest BCUT2D eigenvalue weighted by atomic mass is 19.4. The Labute approximate surface area is 145 Å². The number of nitrogens with zero attached hydrogens (tertiary/aromatic N) is 2. The first-order chi connectivity index (χ1) is 11.3. The molecular formula is C16H26F3N3O3. The molecule has 2 rings (SSSR count). The van der Waals surface area contributed by atoms with Crippen LogP contribution in [-0.2, 0) is 4.79 Å². The molecule has 0 aliphatic carbocycles. The number of urea groups is 1. The minimum Gasteiger partial charge on any atom is -0.380 e. The highest BCUT2D eigenvalue weighted by Gasteiger charge is 2.53. The molecule has 2 atom stereocenters. The van der Waals surface area contributed by atoms with E-state index in [4.69, 9.17) is 0 Å². The minimum atomic E-state index is -4.70.